The normalized spacial score (nSPS) is 10.3. The second-order valence-electron chi connectivity index (χ2n) is 3.15. The van der Waals surface area contributed by atoms with Crippen LogP contribution in [0.5, 0.6) is 17.2 Å². The van der Waals surface area contributed by atoms with E-state index in [1.165, 1.54) is 6.07 Å². The molecule has 0 aliphatic rings. The molecular formula is C12H11O3. The summed E-state index contributed by atoms with van der Waals surface area (Å²) >= 11 is 0. The Morgan fingerprint density at radius 2 is 1.60 bits per heavy atom. The lowest BCUT2D eigenvalue weighted by Gasteiger charge is -2.09. The molecule has 0 aromatic heterocycles. The van der Waals surface area contributed by atoms with Crippen LogP contribution in [0, 0.1) is 0 Å². The molecule has 0 unspecified atom stereocenters. The summed E-state index contributed by atoms with van der Waals surface area (Å²) in [4.78, 5) is 0. The van der Waals surface area contributed by atoms with E-state index >= 15 is 0 Å². The second-order valence-corrected chi connectivity index (χ2v) is 3.15. The molecular weight excluding hydrogens is 192 g/mol. The van der Waals surface area contributed by atoms with Gasteiger partial charge in [-0.05, 0) is 18.2 Å². The fourth-order valence-electron chi connectivity index (χ4n) is 1.66. The van der Waals surface area contributed by atoms with Crippen molar-refractivity contribution in [2.24, 2.45) is 0 Å². The Kier molecular flexibility index (Phi) is 2.37. The average Bonchev–Trinajstić information content (AvgIpc) is 2.29. The van der Waals surface area contributed by atoms with Gasteiger partial charge in [0.15, 0.2) is 5.75 Å². The lowest BCUT2D eigenvalue weighted by Crippen LogP contribution is -1.89. The van der Waals surface area contributed by atoms with Crippen molar-refractivity contribution in [3.63, 3.8) is 0 Å². The van der Waals surface area contributed by atoms with Crippen molar-refractivity contribution in [1.82, 2.24) is 0 Å². The number of ether oxygens (including phenoxy) is 2. The van der Waals surface area contributed by atoms with E-state index in [2.05, 4.69) is 0 Å². The first kappa shape index (κ1) is 9.65. The second kappa shape index (κ2) is 3.69. The fourth-order valence-corrected chi connectivity index (χ4v) is 1.66. The first-order chi connectivity index (χ1) is 7.27. The predicted octanol–water partition coefficient (Wildman–Crippen LogP) is 3.00. The van der Waals surface area contributed by atoms with Crippen molar-refractivity contribution < 1.29 is 14.6 Å². The molecule has 2 aromatic carbocycles. The van der Waals surface area contributed by atoms with Gasteiger partial charge in [0, 0.05) is 5.39 Å². The first-order valence-electron chi connectivity index (χ1n) is 4.58. The number of rotatable bonds is 2. The maximum atomic E-state index is 11.6. The molecule has 15 heavy (non-hydrogen) atoms. The van der Waals surface area contributed by atoms with Gasteiger partial charge in [0.1, 0.15) is 11.5 Å². The van der Waals surface area contributed by atoms with E-state index in [0.717, 1.165) is 5.39 Å². The van der Waals surface area contributed by atoms with E-state index in [-0.39, 0.29) is 5.75 Å². The summed E-state index contributed by atoms with van der Waals surface area (Å²) < 4.78 is 10.4. The van der Waals surface area contributed by atoms with Gasteiger partial charge in [0.25, 0.3) is 0 Å². The fraction of sp³-hybridized carbons (Fsp3) is 0.167. The molecule has 0 saturated heterocycles. The van der Waals surface area contributed by atoms with Crippen LogP contribution in [0.1, 0.15) is 0 Å². The summed E-state index contributed by atoms with van der Waals surface area (Å²) in [5.74, 6) is 1.29. The number of hydrogen-bond donors (Lipinski definition) is 0. The Hall–Kier alpha value is -1.90. The zero-order valence-corrected chi connectivity index (χ0v) is 8.61. The van der Waals surface area contributed by atoms with Gasteiger partial charge in [-0.3, -0.25) is 5.11 Å². The van der Waals surface area contributed by atoms with E-state index in [4.69, 9.17) is 9.47 Å². The molecule has 2 aromatic rings. The van der Waals surface area contributed by atoms with Crippen molar-refractivity contribution in [3.8, 4) is 17.2 Å². The van der Waals surface area contributed by atoms with Gasteiger partial charge in [-0.2, -0.15) is 0 Å². The minimum Gasteiger partial charge on any atom is -0.496 e. The zero-order chi connectivity index (χ0) is 10.8. The molecule has 0 N–H and O–H groups in total. The first-order valence-corrected chi connectivity index (χ1v) is 4.58. The summed E-state index contributed by atoms with van der Waals surface area (Å²) in [7, 11) is 3.15. The van der Waals surface area contributed by atoms with Gasteiger partial charge in [0.05, 0.1) is 19.6 Å². The molecule has 1 radical (unpaired) electrons. The molecule has 0 amide bonds. The van der Waals surface area contributed by atoms with Crippen LogP contribution >= 0.6 is 0 Å². The number of benzene rings is 2. The van der Waals surface area contributed by atoms with Crippen LogP contribution in [0.25, 0.3) is 10.8 Å². The van der Waals surface area contributed by atoms with Crippen LogP contribution in [0.3, 0.4) is 0 Å². The molecule has 0 aliphatic heterocycles. The molecule has 0 aliphatic carbocycles. The van der Waals surface area contributed by atoms with E-state index in [1.807, 2.05) is 6.07 Å². The number of fused-ring (bicyclic) bond motifs is 1. The summed E-state index contributed by atoms with van der Waals surface area (Å²) in [6.07, 6.45) is 0. The molecule has 2 rings (SSSR count). The minimum absolute atomic E-state index is 0.0234. The van der Waals surface area contributed by atoms with Crippen LogP contribution in [-0.4, -0.2) is 14.2 Å². The molecule has 0 saturated carbocycles. The van der Waals surface area contributed by atoms with Crippen LogP contribution in [0.2, 0.25) is 0 Å². The third kappa shape index (κ3) is 1.46. The quantitative estimate of drug-likeness (QED) is 0.752. The van der Waals surface area contributed by atoms with Crippen LogP contribution < -0.4 is 9.47 Å². The summed E-state index contributed by atoms with van der Waals surface area (Å²) in [6.45, 7) is 0. The molecule has 77 valence electrons. The van der Waals surface area contributed by atoms with Crippen LogP contribution in [0.15, 0.2) is 30.3 Å². The Bertz CT molecular complexity index is 481. The van der Waals surface area contributed by atoms with Gasteiger partial charge < -0.3 is 9.47 Å². The highest BCUT2D eigenvalue weighted by Crippen LogP contribution is 2.38. The number of methoxy groups -OCH3 is 2. The summed E-state index contributed by atoms with van der Waals surface area (Å²) in [5.41, 5.74) is 0. The zero-order valence-electron chi connectivity index (χ0n) is 8.61. The van der Waals surface area contributed by atoms with E-state index in [1.54, 1.807) is 32.4 Å². The van der Waals surface area contributed by atoms with Gasteiger partial charge in [0.2, 0.25) is 0 Å². The summed E-state index contributed by atoms with van der Waals surface area (Å²) in [5, 5.41) is 13.0. The molecule has 3 nitrogen and oxygen atoms in total. The minimum atomic E-state index is -0.0234. The van der Waals surface area contributed by atoms with Crippen LogP contribution in [0.4, 0.5) is 0 Å². The lowest BCUT2D eigenvalue weighted by atomic mass is 10.1. The van der Waals surface area contributed by atoms with Crippen molar-refractivity contribution in [2.45, 2.75) is 0 Å². The lowest BCUT2D eigenvalue weighted by molar-refractivity contribution is 0.358. The van der Waals surface area contributed by atoms with Crippen molar-refractivity contribution >= 4 is 10.8 Å². The Balaban J connectivity index is 2.87. The van der Waals surface area contributed by atoms with E-state index in [9.17, 15) is 5.11 Å². The van der Waals surface area contributed by atoms with Gasteiger partial charge >= 0.3 is 0 Å². The van der Waals surface area contributed by atoms with E-state index in [0.29, 0.717) is 16.9 Å². The molecule has 0 fully saturated rings. The predicted molar refractivity (Wildman–Crippen MR) is 57.2 cm³/mol. The maximum Gasteiger partial charge on any atom is 0.186 e. The number of hydrogen-bond acceptors (Lipinski definition) is 2. The van der Waals surface area contributed by atoms with Gasteiger partial charge in [-0.1, -0.05) is 12.1 Å². The van der Waals surface area contributed by atoms with Crippen molar-refractivity contribution in [3.05, 3.63) is 30.3 Å². The highest BCUT2D eigenvalue weighted by molar-refractivity contribution is 5.97. The third-order valence-corrected chi connectivity index (χ3v) is 2.36. The SMILES string of the molecule is COc1cccc2c([O])ccc(OC)c12. The molecule has 0 bridgehead atoms. The Morgan fingerprint density at radius 3 is 2.27 bits per heavy atom. The Labute approximate surface area is 87.9 Å². The molecule has 0 spiro atoms. The third-order valence-electron chi connectivity index (χ3n) is 2.36. The molecule has 0 heterocycles. The smallest absolute Gasteiger partial charge is 0.186 e. The highest BCUT2D eigenvalue weighted by Gasteiger charge is 2.11. The monoisotopic (exact) mass is 203 g/mol. The summed E-state index contributed by atoms with van der Waals surface area (Å²) in [6, 6.07) is 8.53. The molecule has 0 atom stereocenters. The Morgan fingerprint density at radius 1 is 0.933 bits per heavy atom. The highest BCUT2D eigenvalue weighted by atomic mass is 16.5. The largest absolute Gasteiger partial charge is 0.496 e. The van der Waals surface area contributed by atoms with E-state index < -0.39 is 0 Å². The maximum absolute atomic E-state index is 11.6. The van der Waals surface area contributed by atoms with Gasteiger partial charge in [-0.25, -0.2) is 0 Å². The standard InChI is InChI=1S/C12H11O3/c1-14-10-5-3-4-8-9(13)6-7-11(15-2)12(8)10/h3-7H,1-2H3. The average molecular weight is 203 g/mol. The van der Waals surface area contributed by atoms with Crippen molar-refractivity contribution in [2.75, 3.05) is 14.2 Å². The van der Waals surface area contributed by atoms with Gasteiger partial charge in [-0.15, -0.1) is 0 Å². The topological polar surface area (TPSA) is 38.4 Å². The molecule has 3 heteroatoms. The van der Waals surface area contributed by atoms with Crippen molar-refractivity contribution in [1.29, 1.82) is 0 Å². The van der Waals surface area contributed by atoms with Crippen LogP contribution in [-0.2, 0) is 5.11 Å².